The number of nitrogens with zero attached hydrogens (tertiary/aromatic N) is 2. The molecule has 1 amide bonds. The van der Waals surface area contributed by atoms with Crippen molar-refractivity contribution in [3.05, 3.63) is 41.6 Å². The van der Waals surface area contributed by atoms with Crippen LogP contribution in [-0.4, -0.2) is 29.1 Å². The molecule has 0 aliphatic rings. The van der Waals surface area contributed by atoms with Gasteiger partial charge in [0, 0.05) is 24.7 Å². The molecule has 2 aromatic rings. The minimum Gasteiger partial charge on any atom is -0.355 e. The minimum atomic E-state index is -0.0914. The lowest BCUT2D eigenvalue weighted by atomic mass is 9.86. The number of hydrogen-bond acceptors (Lipinski definition) is 3. The molecule has 0 saturated heterocycles. The van der Waals surface area contributed by atoms with Crippen molar-refractivity contribution in [2.24, 2.45) is 0 Å². The monoisotopic (exact) mass is 300 g/mol. The smallest absolute Gasteiger partial charge is 0.276 e. The third-order valence-electron chi connectivity index (χ3n) is 3.82. The molecule has 0 fully saturated rings. The summed E-state index contributed by atoms with van der Waals surface area (Å²) in [6.45, 7) is 11.8. The van der Waals surface area contributed by atoms with Crippen molar-refractivity contribution in [1.29, 1.82) is 0 Å². The summed E-state index contributed by atoms with van der Waals surface area (Å²) in [4.78, 5) is 14.0. The van der Waals surface area contributed by atoms with Gasteiger partial charge in [0.2, 0.25) is 0 Å². The molecule has 0 unspecified atom stereocenters. The quantitative estimate of drug-likeness (QED) is 0.853. The fourth-order valence-corrected chi connectivity index (χ4v) is 2.32. The highest BCUT2D eigenvalue weighted by Gasteiger charge is 2.19. The van der Waals surface area contributed by atoms with Gasteiger partial charge in [0.25, 0.3) is 5.91 Å². The van der Waals surface area contributed by atoms with Crippen molar-refractivity contribution >= 4 is 5.91 Å². The third kappa shape index (κ3) is 3.38. The molecular formula is C18H24N2O2. The van der Waals surface area contributed by atoms with Crippen LogP contribution in [0.2, 0.25) is 0 Å². The topological polar surface area (TPSA) is 46.3 Å². The molecule has 1 aromatic heterocycles. The molecule has 1 heterocycles. The van der Waals surface area contributed by atoms with E-state index >= 15 is 0 Å². The van der Waals surface area contributed by atoms with Gasteiger partial charge in [0.1, 0.15) is 0 Å². The van der Waals surface area contributed by atoms with Crippen LogP contribution >= 0.6 is 0 Å². The molecule has 0 N–H and O–H groups in total. The van der Waals surface area contributed by atoms with Crippen molar-refractivity contribution in [3.63, 3.8) is 0 Å². The maximum atomic E-state index is 12.2. The molecule has 0 saturated carbocycles. The first kappa shape index (κ1) is 16.3. The Morgan fingerprint density at radius 3 is 2.23 bits per heavy atom. The molecule has 0 spiro atoms. The molecule has 118 valence electrons. The fraction of sp³-hybridized carbons (Fsp3) is 0.444. The predicted molar refractivity (Wildman–Crippen MR) is 87.9 cm³/mol. The van der Waals surface area contributed by atoms with Gasteiger partial charge in [-0.15, -0.1) is 0 Å². The minimum absolute atomic E-state index is 0.0914. The Kier molecular flexibility index (Phi) is 4.69. The number of benzene rings is 1. The largest absolute Gasteiger partial charge is 0.355 e. The molecule has 0 atom stereocenters. The average Bonchev–Trinajstić information content (AvgIpc) is 2.97. The van der Waals surface area contributed by atoms with Crippen LogP contribution < -0.4 is 0 Å². The van der Waals surface area contributed by atoms with E-state index in [9.17, 15) is 4.79 Å². The Bertz CT molecular complexity index is 632. The molecule has 0 aliphatic heterocycles. The average molecular weight is 300 g/mol. The number of carbonyl (C=O) groups excluding carboxylic acids is 1. The lowest BCUT2D eigenvalue weighted by Crippen LogP contribution is -2.30. The standard InChI is InChI=1S/C18H24N2O2/c1-6-20(7-2)17(21)15-12-16(22-19-15)13-8-10-14(11-9-13)18(3,4)5/h8-12H,6-7H2,1-5H3. The van der Waals surface area contributed by atoms with Gasteiger partial charge in [-0.2, -0.15) is 0 Å². The van der Waals surface area contributed by atoms with Gasteiger partial charge in [0.05, 0.1) is 0 Å². The number of aromatic nitrogens is 1. The molecule has 22 heavy (non-hydrogen) atoms. The van der Waals surface area contributed by atoms with Gasteiger partial charge in [0.15, 0.2) is 11.5 Å². The lowest BCUT2D eigenvalue weighted by Gasteiger charge is -2.18. The van der Waals surface area contributed by atoms with Gasteiger partial charge in [-0.3, -0.25) is 4.79 Å². The van der Waals surface area contributed by atoms with Crippen LogP contribution in [0.25, 0.3) is 11.3 Å². The van der Waals surface area contributed by atoms with Crippen LogP contribution in [0.15, 0.2) is 34.9 Å². The van der Waals surface area contributed by atoms with Crippen LogP contribution in [0.1, 0.15) is 50.7 Å². The summed E-state index contributed by atoms with van der Waals surface area (Å²) < 4.78 is 5.34. The van der Waals surface area contributed by atoms with Crippen molar-refractivity contribution in [2.75, 3.05) is 13.1 Å². The van der Waals surface area contributed by atoms with E-state index in [1.54, 1.807) is 11.0 Å². The van der Waals surface area contributed by atoms with Crippen LogP contribution in [0.5, 0.6) is 0 Å². The van der Waals surface area contributed by atoms with Crippen molar-refractivity contribution in [2.45, 2.75) is 40.0 Å². The maximum absolute atomic E-state index is 12.2. The highest BCUT2D eigenvalue weighted by atomic mass is 16.5. The fourth-order valence-electron chi connectivity index (χ4n) is 2.32. The second-order valence-electron chi connectivity index (χ2n) is 6.38. The van der Waals surface area contributed by atoms with Gasteiger partial charge in [-0.1, -0.05) is 50.2 Å². The normalized spacial score (nSPS) is 11.5. The van der Waals surface area contributed by atoms with E-state index in [1.807, 2.05) is 26.0 Å². The molecule has 1 aromatic carbocycles. The van der Waals surface area contributed by atoms with Crippen LogP contribution in [0, 0.1) is 0 Å². The summed E-state index contributed by atoms with van der Waals surface area (Å²) in [6, 6.07) is 9.90. The molecule has 0 radical (unpaired) electrons. The van der Waals surface area contributed by atoms with Crippen molar-refractivity contribution in [1.82, 2.24) is 10.1 Å². The zero-order valence-electron chi connectivity index (χ0n) is 14.0. The van der Waals surface area contributed by atoms with Gasteiger partial charge in [-0.05, 0) is 24.8 Å². The predicted octanol–water partition coefficient (Wildman–Crippen LogP) is 4.12. The number of rotatable bonds is 4. The summed E-state index contributed by atoms with van der Waals surface area (Å²) in [7, 11) is 0. The summed E-state index contributed by atoms with van der Waals surface area (Å²) in [5, 5.41) is 3.91. The Morgan fingerprint density at radius 1 is 1.14 bits per heavy atom. The van der Waals surface area contributed by atoms with Crippen molar-refractivity contribution in [3.8, 4) is 11.3 Å². The maximum Gasteiger partial charge on any atom is 0.276 e. The van der Waals surface area contributed by atoms with Gasteiger partial charge in [-0.25, -0.2) is 0 Å². The number of carbonyl (C=O) groups is 1. The molecule has 0 aliphatic carbocycles. The van der Waals surface area contributed by atoms with E-state index < -0.39 is 0 Å². The summed E-state index contributed by atoms with van der Waals surface area (Å²) in [5.41, 5.74) is 2.66. The summed E-state index contributed by atoms with van der Waals surface area (Å²) in [6.07, 6.45) is 0. The Morgan fingerprint density at radius 2 is 1.73 bits per heavy atom. The highest BCUT2D eigenvalue weighted by molar-refractivity contribution is 5.93. The summed E-state index contributed by atoms with van der Waals surface area (Å²) in [5.74, 6) is 0.530. The van der Waals surface area contributed by atoms with E-state index in [2.05, 4.69) is 38.1 Å². The SMILES string of the molecule is CCN(CC)C(=O)c1cc(-c2ccc(C(C)(C)C)cc2)on1. The van der Waals surface area contributed by atoms with Crippen LogP contribution in [0.4, 0.5) is 0 Å². The van der Waals surface area contributed by atoms with E-state index in [4.69, 9.17) is 4.52 Å². The molecule has 4 nitrogen and oxygen atoms in total. The van der Waals surface area contributed by atoms with Gasteiger partial charge < -0.3 is 9.42 Å². The molecule has 2 rings (SSSR count). The highest BCUT2D eigenvalue weighted by Crippen LogP contribution is 2.26. The second kappa shape index (κ2) is 6.34. The van der Waals surface area contributed by atoms with E-state index in [0.717, 1.165) is 5.56 Å². The first-order valence-electron chi connectivity index (χ1n) is 7.73. The molecular weight excluding hydrogens is 276 g/mol. The van der Waals surface area contributed by atoms with E-state index in [-0.39, 0.29) is 11.3 Å². The second-order valence-corrected chi connectivity index (χ2v) is 6.38. The zero-order valence-corrected chi connectivity index (χ0v) is 14.0. The van der Waals surface area contributed by atoms with Crippen LogP contribution in [-0.2, 0) is 5.41 Å². The van der Waals surface area contributed by atoms with E-state index in [1.165, 1.54) is 5.56 Å². The van der Waals surface area contributed by atoms with E-state index in [0.29, 0.717) is 24.5 Å². The Labute approximate surface area is 132 Å². The molecule has 4 heteroatoms. The Hall–Kier alpha value is -2.10. The first-order valence-corrected chi connectivity index (χ1v) is 7.73. The number of hydrogen-bond donors (Lipinski definition) is 0. The van der Waals surface area contributed by atoms with Crippen molar-refractivity contribution < 1.29 is 9.32 Å². The van der Waals surface area contributed by atoms with Crippen LogP contribution in [0.3, 0.4) is 0 Å². The molecule has 0 bridgehead atoms. The number of amides is 1. The lowest BCUT2D eigenvalue weighted by molar-refractivity contribution is 0.0762. The zero-order chi connectivity index (χ0) is 16.3. The first-order chi connectivity index (χ1) is 10.4. The third-order valence-corrected chi connectivity index (χ3v) is 3.82. The Balaban J connectivity index is 2.23. The summed E-state index contributed by atoms with van der Waals surface area (Å²) >= 11 is 0. The van der Waals surface area contributed by atoms with Gasteiger partial charge >= 0.3 is 0 Å².